The lowest BCUT2D eigenvalue weighted by atomic mass is 9.82. The molecular weight excluding hydrogens is 304 g/mol. The maximum atomic E-state index is 11.9. The first-order valence-electron chi connectivity index (χ1n) is 7.46. The topological polar surface area (TPSA) is 117 Å². The lowest BCUT2D eigenvalue weighted by molar-refractivity contribution is -0.169. The van der Waals surface area contributed by atoms with E-state index in [9.17, 15) is 14.4 Å². The molecule has 0 rings (SSSR count). The Morgan fingerprint density at radius 1 is 1.00 bits per heavy atom. The fraction of sp³-hybridized carbons (Fsp3) is 0.800. The van der Waals surface area contributed by atoms with Crippen molar-refractivity contribution in [3.8, 4) is 0 Å². The number of hydrogen-bond acceptors (Lipinski definition) is 7. The molecule has 23 heavy (non-hydrogen) atoms. The van der Waals surface area contributed by atoms with Gasteiger partial charge in [0.2, 0.25) is 0 Å². The summed E-state index contributed by atoms with van der Waals surface area (Å²) in [4.78, 5) is 35.3. The van der Waals surface area contributed by atoms with Gasteiger partial charge in [0.05, 0.1) is 14.2 Å². The Morgan fingerprint density at radius 3 is 1.91 bits per heavy atom. The summed E-state index contributed by atoms with van der Waals surface area (Å²) in [7, 11) is 2.39. The van der Waals surface area contributed by atoms with Crippen LogP contribution in [0.2, 0.25) is 0 Å². The molecule has 0 aromatic heterocycles. The molecule has 0 bridgehead atoms. The van der Waals surface area contributed by atoms with E-state index in [-0.39, 0.29) is 13.0 Å². The van der Waals surface area contributed by atoms with Gasteiger partial charge < -0.3 is 25.3 Å². The smallest absolute Gasteiger partial charge is 0.407 e. The molecule has 1 amide bonds. The monoisotopic (exact) mass is 332 g/mol. The molecule has 3 N–H and O–H groups in total. The van der Waals surface area contributed by atoms with Crippen LogP contribution >= 0.6 is 0 Å². The Hall–Kier alpha value is -1.83. The number of hydrogen-bond donors (Lipinski definition) is 2. The standard InChI is InChI=1S/C15H28N2O6/c1-14(2,3)23-13(20)17-9-7-6-8-15(10-16,11(18)21-4)12(19)22-5/h6-10,16H2,1-5H3,(H,17,20). The Kier molecular flexibility index (Phi) is 8.60. The number of ether oxygens (including phenoxy) is 3. The Balaban J connectivity index is 4.42. The van der Waals surface area contributed by atoms with Gasteiger partial charge in [-0.2, -0.15) is 0 Å². The highest BCUT2D eigenvalue weighted by molar-refractivity contribution is 6.00. The zero-order valence-corrected chi connectivity index (χ0v) is 14.6. The number of carbonyl (C=O) groups is 3. The highest BCUT2D eigenvalue weighted by Gasteiger charge is 2.46. The summed E-state index contributed by atoms with van der Waals surface area (Å²) in [5, 5.41) is 2.61. The van der Waals surface area contributed by atoms with Gasteiger partial charge in [-0.25, -0.2) is 4.79 Å². The zero-order valence-electron chi connectivity index (χ0n) is 14.6. The summed E-state index contributed by atoms with van der Waals surface area (Å²) < 4.78 is 14.4. The number of nitrogens with two attached hydrogens (primary N) is 1. The van der Waals surface area contributed by atoms with Crippen molar-refractivity contribution in [2.75, 3.05) is 27.3 Å². The molecule has 0 aliphatic carbocycles. The van der Waals surface area contributed by atoms with Crippen molar-refractivity contribution in [2.24, 2.45) is 11.1 Å². The first kappa shape index (κ1) is 21.2. The van der Waals surface area contributed by atoms with Gasteiger partial charge in [-0.1, -0.05) is 0 Å². The SMILES string of the molecule is COC(=O)C(CN)(CCCCNC(=O)OC(C)(C)C)C(=O)OC. The minimum Gasteiger partial charge on any atom is -0.468 e. The summed E-state index contributed by atoms with van der Waals surface area (Å²) in [6.07, 6.45) is 0.703. The van der Waals surface area contributed by atoms with Crippen LogP contribution in [0.4, 0.5) is 4.79 Å². The molecule has 0 radical (unpaired) electrons. The van der Waals surface area contributed by atoms with E-state index in [0.29, 0.717) is 19.4 Å². The van der Waals surface area contributed by atoms with Crippen molar-refractivity contribution in [1.82, 2.24) is 5.32 Å². The van der Waals surface area contributed by atoms with Gasteiger partial charge in [0.15, 0.2) is 5.41 Å². The largest absolute Gasteiger partial charge is 0.468 e. The van der Waals surface area contributed by atoms with Crippen LogP contribution in [0.15, 0.2) is 0 Å². The van der Waals surface area contributed by atoms with E-state index in [1.54, 1.807) is 20.8 Å². The summed E-state index contributed by atoms with van der Waals surface area (Å²) in [6.45, 7) is 5.47. The second-order valence-corrected chi connectivity index (χ2v) is 6.16. The van der Waals surface area contributed by atoms with Crippen molar-refractivity contribution >= 4 is 18.0 Å². The number of methoxy groups -OCH3 is 2. The fourth-order valence-electron chi connectivity index (χ4n) is 2.00. The van der Waals surface area contributed by atoms with E-state index in [2.05, 4.69) is 14.8 Å². The quantitative estimate of drug-likeness (QED) is 0.294. The molecule has 0 spiro atoms. The van der Waals surface area contributed by atoms with Gasteiger partial charge in [-0.3, -0.25) is 9.59 Å². The van der Waals surface area contributed by atoms with Gasteiger partial charge in [-0.15, -0.1) is 0 Å². The molecule has 0 saturated carbocycles. The number of alkyl carbamates (subject to hydrolysis) is 1. The van der Waals surface area contributed by atoms with E-state index in [4.69, 9.17) is 10.5 Å². The van der Waals surface area contributed by atoms with E-state index >= 15 is 0 Å². The van der Waals surface area contributed by atoms with Crippen molar-refractivity contribution in [3.05, 3.63) is 0 Å². The predicted molar refractivity (Wildman–Crippen MR) is 83.6 cm³/mol. The summed E-state index contributed by atoms with van der Waals surface area (Å²) in [6, 6.07) is 0. The highest BCUT2D eigenvalue weighted by atomic mass is 16.6. The van der Waals surface area contributed by atoms with Gasteiger partial charge >= 0.3 is 18.0 Å². The number of esters is 2. The molecule has 8 nitrogen and oxygen atoms in total. The van der Waals surface area contributed by atoms with Crippen LogP contribution in [0.3, 0.4) is 0 Å². The van der Waals surface area contributed by atoms with Crippen LogP contribution in [-0.2, 0) is 23.8 Å². The van der Waals surface area contributed by atoms with Crippen molar-refractivity contribution in [1.29, 1.82) is 0 Å². The normalized spacial score (nSPS) is 11.6. The zero-order chi connectivity index (χ0) is 18.1. The minimum absolute atomic E-state index is 0.179. The highest BCUT2D eigenvalue weighted by Crippen LogP contribution is 2.27. The second-order valence-electron chi connectivity index (χ2n) is 6.16. The molecular formula is C15H28N2O6. The van der Waals surface area contributed by atoms with E-state index < -0.39 is 29.0 Å². The number of amides is 1. The third-order valence-electron chi connectivity index (χ3n) is 3.20. The predicted octanol–water partition coefficient (Wildman–Crippen LogP) is 0.973. The lowest BCUT2D eigenvalue weighted by Gasteiger charge is -2.26. The first-order chi connectivity index (χ1) is 10.6. The third kappa shape index (κ3) is 6.85. The van der Waals surface area contributed by atoms with Crippen LogP contribution in [0.5, 0.6) is 0 Å². The number of carbonyl (C=O) groups excluding carboxylic acids is 3. The number of rotatable bonds is 8. The van der Waals surface area contributed by atoms with Crippen LogP contribution in [0.25, 0.3) is 0 Å². The maximum absolute atomic E-state index is 11.9. The molecule has 0 atom stereocenters. The number of unbranched alkanes of at least 4 members (excludes halogenated alkanes) is 1. The molecule has 0 aromatic carbocycles. The molecule has 0 aliphatic heterocycles. The van der Waals surface area contributed by atoms with E-state index in [0.717, 1.165) is 0 Å². The second kappa shape index (κ2) is 9.34. The molecule has 0 fully saturated rings. The van der Waals surface area contributed by atoms with Gasteiger partial charge in [0.1, 0.15) is 5.60 Å². The maximum Gasteiger partial charge on any atom is 0.407 e. The van der Waals surface area contributed by atoms with Gasteiger partial charge in [-0.05, 0) is 40.0 Å². The van der Waals surface area contributed by atoms with Crippen LogP contribution in [-0.4, -0.2) is 50.9 Å². The van der Waals surface area contributed by atoms with Crippen LogP contribution < -0.4 is 11.1 Å². The average molecular weight is 332 g/mol. The molecule has 0 aliphatic rings. The Bertz CT molecular complexity index is 401. The van der Waals surface area contributed by atoms with Crippen molar-refractivity contribution < 1.29 is 28.6 Å². The molecule has 134 valence electrons. The minimum atomic E-state index is -1.50. The van der Waals surface area contributed by atoms with Crippen molar-refractivity contribution in [2.45, 2.75) is 45.6 Å². The third-order valence-corrected chi connectivity index (χ3v) is 3.20. The van der Waals surface area contributed by atoms with Gasteiger partial charge in [0, 0.05) is 13.1 Å². The van der Waals surface area contributed by atoms with Crippen LogP contribution in [0.1, 0.15) is 40.0 Å². The first-order valence-corrected chi connectivity index (χ1v) is 7.46. The Labute approximate surface area is 137 Å². The summed E-state index contributed by atoms with van der Waals surface area (Å²) >= 11 is 0. The average Bonchev–Trinajstić information content (AvgIpc) is 2.47. The van der Waals surface area contributed by atoms with E-state index in [1.165, 1.54) is 14.2 Å². The number of nitrogens with one attached hydrogen (secondary N) is 1. The summed E-state index contributed by atoms with van der Waals surface area (Å²) in [5.74, 6) is -1.43. The summed E-state index contributed by atoms with van der Waals surface area (Å²) in [5.41, 5.74) is 3.54. The molecule has 0 saturated heterocycles. The molecule has 0 unspecified atom stereocenters. The van der Waals surface area contributed by atoms with E-state index in [1.807, 2.05) is 0 Å². The molecule has 0 heterocycles. The lowest BCUT2D eigenvalue weighted by Crippen LogP contribution is -2.47. The van der Waals surface area contributed by atoms with Crippen molar-refractivity contribution in [3.63, 3.8) is 0 Å². The molecule has 0 aromatic rings. The fourth-order valence-corrected chi connectivity index (χ4v) is 2.00. The van der Waals surface area contributed by atoms with Crippen LogP contribution in [0, 0.1) is 5.41 Å². The Morgan fingerprint density at radius 2 is 1.52 bits per heavy atom. The van der Waals surface area contributed by atoms with Gasteiger partial charge in [0.25, 0.3) is 0 Å². The molecule has 8 heteroatoms.